The van der Waals surface area contributed by atoms with Crippen molar-refractivity contribution < 1.29 is 4.79 Å². The lowest BCUT2D eigenvalue weighted by molar-refractivity contribution is 0.0711. The molecule has 5 heteroatoms. The lowest BCUT2D eigenvalue weighted by atomic mass is 9.93. The van der Waals surface area contributed by atoms with Gasteiger partial charge in [0.1, 0.15) is 0 Å². The third-order valence-electron chi connectivity index (χ3n) is 4.36. The number of amides is 1. The lowest BCUT2D eigenvalue weighted by Crippen LogP contribution is -2.38. The Morgan fingerprint density at radius 3 is 2.82 bits per heavy atom. The number of aromatic nitrogens is 2. The third-order valence-corrected chi connectivity index (χ3v) is 5.22. The standard InChI is InChI=1S/C17H23N3OS/c1-3-8-20-16(4-7-18-20)14-5-9-19(10-6-14)17(21)15-11-13(2)22-12-15/h4,7,11-12,14H,3,5-6,8-10H2,1-2H3. The van der Waals surface area contributed by atoms with E-state index in [0.717, 1.165) is 44.5 Å². The molecule has 0 unspecified atom stereocenters. The second kappa shape index (κ2) is 6.65. The molecule has 0 N–H and O–H groups in total. The average molecular weight is 317 g/mol. The summed E-state index contributed by atoms with van der Waals surface area (Å²) in [7, 11) is 0. The minimum Gasteiger partial charge on any atom is -0.339 e. The van der Waals surface area contributed by atoms with Crippen molar-refractivity contribution in [1.29, 1.82) is 0 Å². The van der Waals surface area contributed by atoms with Gasteiger partial charge in [-0.3, -0.25) is 9.48 Å². The topological polar surface area (TPSA) is 38.1 Å². The third kappa shape index (κ3) is 3.09. The number of hydrogen-bond acceptors (Lipinski definition) is 3. The molecule has 0 bridgehead atoms. The first-order valence-corrected chi connectivity index (χ1v) is 8.93. The second-order valence-corrected chi connectivity index (χ2v) is 7.11. The van der Waals surface area contributed by atoms with Crippen molar-refractivity contribution in [2.24, 2.45) is 0 Å². The van der Waals surface area contributed by atoms with Gasteiger partial charge in [-0.1, -0.05) is 6.92 Å². The van der Waals surface area contributed by atoms with Crippen molar-refractivity contribution in [2.75, 3.05) is 13.1 Å². The molecule has 0 aromatic carbocycles. The SMILES string of the molecule is CCCn1nccc1C1CCN(C(=O)c2csc(C)c2)CC1. The van der Waals surface area contributed by atoms with Gasteiger partial charge in [0.2, 0.25) is 0 Å². The highest BCUT2D eigenvalue weighted by molar-refractivity contribution is 7.10. The van der Waals surface area contributed by atoms with E-state index in [1.807, 2.05) is 29.5 Å². The van der Waals surface area contributed by atoms with E-state index in [-0.39, 0.29) is 5.91 Å². The first-order chi connectivity index (χ1) is 10.7. The number of rotatable bonds is 4. The molecule has 1 amide bonds. The van der Waals surface area contributed by atoms with Gasteiger partial charge in [0.05, 0.1) is 5.56 Å². The highest BCUT2D eigenvalue weighted by Crippen LogP contribution is 2.29. The van der Waals surface area contributed by atoms with Crippen molar-refractivity contribution in [1.82, 2.24) is 14.7 Å². The Hall–Kier alpha value is -1.62. The van der Waals surface area contributed by atoms with Crippen LogP contribution in [0.25, 0.3) is 0 Å². The van der Waals surface area contributed by atoms with E-state index in [1.165, 1.54) is 10.6 Å². The van der Waals surface area contributed by atoms with Crippen LogP contribution in [0.1, 0.15) is 53.0 Å². The van der Waals surface area contributed by atoms with Crippen LogP contribution >= 0.6 is 11.3 Å². The van der Waals surface area contributed by atoms with Gasteiger partial charge in [-0.15, -0.1) is 11.3 Å². The summed E-state index contributed by atoms with van der Waals surface area (Å²) >= 11 is 1.64. The summed E-state index contributed by atoms with van der Waals surface area (Å²) in [6, 6.07) is 4.13. The molecule has 0 radical (unpaired) electrons. The van der Waals surface area contributed by atoms with Crippen LogP contribution in [-0.2, 0) is 6.54 Å². The minimum atomic E-state index is 0.185. The molecule has 4 nitrogen and oxygen atoms in total. The van der Waals surface area contributed by atoms with Crippen LogP contribution in [-0.4, -0.2) is 33.7 Å². The number of aryl methyl sites for hydroxylation is 2. The van der Waals surface area contributed by atoms with E-state index >= 15 is 0 Å². The molecule has 0 saturated carbocycles. The lowest BCUT2D eigenvalue weighted by Gasteiger charge is -2.32. The molecule has 2 aromatic rings. The number of piperidine rings is 1. The van der Waals surface area contributed by atoms with Gasteiger partial charge in [0.25, 0.3) is 5.91 Å². The fraction of sp³-hybridized carbons (Fsp3) is 0.529. The first kappa shape index (κ1) is 15.3. The quantitative estimate of drug-likeness (QED) is 0.862. The maximum atomic E-state index is 12.5. The van der Waals surface area contributed by atoms with Crippen LogP contribution in [0, 0.1) is 6.92 Å². The van der Waals surface area contributed by atoms with Gasteiger partial charge in [-0.2, -0.15) is 5.10 Å². The molecule has 118 valence electrons. The van der Waals surface area contributed by atoms with Crippen molar-refractivity contribution >= 4 is 17.2 Å². The fourth-order valence-corrected chi connectivity index (χ4v) is 3.88. The Kier molecular flexibility index (Phi) is 4.62. The first-order valence-electron chi connectivity index (χ1n) is 8.05. The molecule has 3 rings (SSSR count). The Morgan fingerprint density at radius 1 is 1.41 bits per heavy atom. The molecule has 1 aliphatic rings. The Bertz CT molecular complexity index is 638. The highest BCUT2D eigenvalue weighted by atomic mass is 32.1. The van der Waals surface area contributed by atoms with Gasteiger partial charge in [0, 0.05) is 47.7 Å². The predicted molar refractivity (Wildman–Crippen MR) is 89.5 cm³/mol. The van der Waals surface area contributed by atoms with E-state index in [2.05, 4.69) is 22.8 Å². The van der Waals surface area contributed by atoms with E-state index in [1.54, 1.807) is 11.3 Å². The Labute approximate surface area is 135 Å². The van der Waals surface area contributed by atoms with Gasteiger partial charge < -0.3 is 4.90 Å². The summed E-state index contributed by atoms with van der Waals surface area (Å²) in [5.41, 5.74) is 2.18. The zero-order chi connectivity index (χ0) is 15.5. The fourth-order valence-electron chi connectivity index (χ4n) is 3.20. The number of nitrogens with zero attached hydrogens (tertiary/aromatic N) is 3. The molecule has 3 heterocycles. The monoisotopic (exact) mass is 317 g/mol. The van der Waals surface area contributed by atoms with Crippen LogP contribution in [0.15, 0.2) is 23.7 Å². The summed E-state index contributed by atoms with van der Waals surface area (Å²) in [6.07, 6.45) is 5.06. The van der Waals surface area contributed by atoms with Gasteiger partial charge >= 0.3 is 0 Å². The zero-order valence-corrected chi connectivity index (χ0v) is 14.1. The zero-order valence-electron chi connectivity index (χ0n) is 13.3. The molecule has 1 saturated heterocycles. The largest absolute Gasteiger partial charge is 0.339 e. The van der Waals surface area contributed by atoms with Crippen LogP contribution in [0.2, 0.25) is 0 Å². The summed E-state index contributed by atoms with van der Waals surface area (Å²) < 4.78 is 2.13. The van der Waals surface area contributed by atoms with E-state index in [0.29, 0.717) is 5.92 Å². The molecule has 0 aliphatic carbocycles. The summed E-state index contributed by atoms with van der Waals surface area (Å²) in [5, 5.41) is 6.40. The van der Waals surface area contributed by atoms with Crippen LogP contribution in [0.3, 0.4) is 0 Å². The number of hydrogen-bond donors (Lipinski definition) is 0. The number of likely N-dealkylation sites (tertiary alicyclic amines) is 1. The predicted octanol–water partition coefficient (Wildman–Crippen LogP) is 3.68. The van der Waals surface area contributed by atoms with Crippen molar-refractivity contribution in [3.8, 4) is 0 Å². The van der Waals surface area contributed by atoms with E-state index < -0.39 is 0 Å². The van der Waals surface area contributed by atoms with E-state index in [4.69, 9.17) is 0 Å². The van der Waals surface area contributed by atoms with Crippen LogP contribution < -0.4 is 0 Å². The Morgan fingerprint density at radius 2 is 2.18 bits per heavy atom. The summed E-state index contributed by atoms with van der Waals surface area (Å²) in [5.74, 6) is 0.715. The average Bonchev–Trinajstić information content (AvgIpc) is 3.16. The maximum absolute atomic E-state index is 12.5. The summed E-state index contributed by atoms with van der Waals surface area (Å²) in [6.45, 7) is 6.89. The smallest absolute Gasteiger partial charge is 0.254 e. The van der Waals surface area contributed by atoms with Crippen molar-refractivity contribution in [3.63, 3.8) is 0 Å². The Balaban J connectivity index is 1.62. The van der Waals surface area contributed by atoms with Gasteiger partial charge in [-0.25, -0.2) is 0 Å². The molecular weight excluding hydrogens is 294 g/mol. The van der Waals surface area contributed by atoms with Crippen LogP contribution in [0.5, 0.6) is 0 Å². The molecule has 1 aliphatic heterocycles. The number of thiophene rings is 1. The molecule has 0 atom stereocenters. The van der Waals surface area contributed by atoms with Crippen molar-refractivity contribution in [2.45, 2.75) is 45.6 Å². The molecule has 2 aromatic heterocycles. The number of carbonyl (C=O) groups excluding carboxylic acids is 1. The highest BCUT2D eigenvalue weighted by Gasteiger charge is 2.26. The molecular formula is C17H23N3OS. The molecule has 22 heavy (non-hydrogen) atoms. The van der Waals surface area contributed by atoms with Gasteiger partial charge in [0.15, 0.2) is 0 Å². The van der Waals surface area contributed by atoms with E-state index in [9.17, 15) is 4.79 Å². The normalized spacial score (nSPS) is 16.2. The molecule has 0 spiro atoms. The van der Waals surface area contributed by atoms with Crippen molar-refractivity contribution in [3.05, 3.63) is 39.8 Å². The maximum Gasteiger partial charge on any atom is 0.254 e. The van der Waals surface area contributed by atoms with Gasteiger partial charge in [-0.05, 0) is 38.3 Å². The summed E-state index contributed by atoms with van der Waals surface area (Å²) in [4.78, 5) is 15.7. The molecule has 1 fully saturated rings. The number of carbonyl (C=O) groups is 1. The minimum absolute atomic E-state index is 0.185. The second-order valence-electron chi connectivity index (χ2n) is 5.99. The van der Waals surface area contributed by atoms with Crippen LogP contribution in [0.4, 0.5) is 0 Å².